The number of fused-ring (bicyclic) bond motifs is 1. The summed E-state index contributed by atoms with van der Waals surface area (Å²) in [5, 5.41) is 0.541. The van der Waals surface area contributed by atoms with Gasteiger partial charge in [0, 0.05) is 23.6 Å². The second kappa shape index (κ2) is 5.96. The molecule has 0 saturated heterocycles. The van der Waals surface area contributed by atoms with E-state index in [1.54, 1.807) is 28.8 Å². The Hall–Kier alpha value is -2.89. The first kappa shape index (κ1) is 16.0. The zero-order valence-electron chi connectivity index (χ0n) is 12.4. The third-order valence-corrected chi connectivity index (χ3v) is 3.82. The van der Waals surface area contributed by atoms with Crippen molar-refractivity contribution in [2.75, 3.05) is 0 Å². The highest BCUT2D eigenvalue weighted by Crippen LogP contribution is 2.33. The Bertz CT molecular complexity index is 925. The van der Waals surface area contributed by atoms with Crippen molar-refractivity contribution in [2.24, 2.45) is 0 Å². The Morgan fingerprint density at radius 2 is 1.71 bits per heavy atom. The first-order valence-electron chi connectivity index (χ1n) is 7.14. The number of alkyl halides is 3. The molecule has 24 heavy (non-hydrogen) atoms. The highest BCUT2D eigenvalue weighted by molar-refractivity contribution is 6.36. The Morgan fingerprint density at radius 1 is 1.04 bits per heavy atom. The summed E-state index contributed by atoms with van der Waals surface area (Å²) in [5.74, 6) is -0.700. The number of halogens is 3. The summed E-state index contributed by atoms with van der Waals surface area (Å²) in [6.45, 7) is -0.0532. The van der Waals surface area contributed by atoms with Gasteiger partial charge < -0.3 is 4.57 Å². The molecule has 6 heteroatoms. The van der Waals surface area contributed by atoms with Crippen LogP contribution in [0.25, 0.3) is 10.9 Å². The van der Waals surface area contributed by atoms with E-state index in [2.05, 4.69) is 0 Å². The number of para-hydroxylation sites is 1. The van der Waals surface area contributed by atoms with Crippen LogP contribution in [0.15, 0.2) is 54.7 Å². The van der Waals surface area contributed by atoms with Crippen LogP contribution in [0, 0.1) is 0 Å². The molecule has 3 rings (SSSR count). The van der Waals surface area contributed by atoms with E-state index in [4.69, 9.17) is 0 Å². The number of aldehydes is 1. The van der Waals surface area contributed by atoms with Gasteiger partial charge in [-0.2, -0.15) is 13.2 Å². The lowest BCUT2D eigenvalue weighted by Crippen LogP contribution is -2.11. The lowest BCUT2D eigenvalue weighted by molar-refractivity contribution is -0.138. The molecule has 122 valence electrons. The van der Waals surface area contributed by atoms with Gasteiger partial charge in [0.1, 0.15) is 0 Å². The number of carbonyl (C=O) groups excluding carboxylic acids is 2. The van der Waals surface area contributed by atoms with Gasteiger partial charge in [0.15, 0.2) is 6.29 Å². The molecule has 0 saturated carbocycles. The molecule has 0 amide bonds. The van der Waals surface area contributed by atoms with E-state index in [-0.39, 0.29) is 24.0 Å². The molecule has 0 aliphatic rings. The average Bonchev–Trinajstić information content (AvgIpc) is 2.93. The summed E-state index contributed by atoms with van der Waals surface area (Å²) in [5.41, 5.74) is 0.159. The molecule has 0 atom stereocenters. The molecule has 0 bridgehead atoms. The highest BCUT2D eigenvalue weighted by Gasteiger charge is 2.33. The van der Waals surface area contributed by atoms with Crippen molar-refractivity contribution in [3.05, 3.63) is 71.4 Å². The van der Waals surface area contributed by atoms with Crippen LogP contribution < -0.4 is 0 Å². The van der Waals surface area contributed by atoms with Crippen LogP contribution >= 0.6 is 0 Å². The summed E-state index contributed by atoms with van der Waals surface area (Å²) in [7, 11) is 0. The molecule has 0 aliphatic heterocycles. The van der Waals surface area contributed by atoms with Gasteiger partial charge in [-0.1, -0.05) is 36.4 Å². The van der Waals surface area contributed by atoms with Crippen LogP contribution in [-0.4, -0.2) is 16.6 Å². The molecule has 3 nitrogen and oxygen atoms in total. The predicted molar refractivity (Wildman–Crippen MR) is 82.9 cm³/mol. The smallest absolute Gasteiger partial charge is 0.342 e. The maximum atomic E-state index is 13.1. The topological polar surface area (TPSA) is 39.1 Å². The van der Waals surface area contributed by atoms with Gasteiger partial charge in [-0.15, -0.1) is 0 Å². The summed E-state index contributed by atoms with van der Waals surface area (Å²) < 4.78 is 41.0. The van der Waals surface area contributed by atoms with Crippen molar-refractivity contribution in [2.45, 2.75) is 12.7 Å². The van der Waals surface area contributed by atoms with Crippen molar-refractivity contribution in [3.8, 4) is 0 Å². The number of ketones is 1. The fraction of sp³-hybridized carbons (Fsp3) is 0.111. The van der Waals surface area contributed by atoms with Gasteiger partial charge in [0.05, 0.1) is 11.1 Å². The minimum absolute atomic E-state index is 0.0532. The normalized spacial score (nSPS) is 11.6. The van der Waals surface area contributed by atoms with Gasteiger partial charge in [-0.3, -0.25) is 9.59 Å². The fourth-order valence-corrected chi connectivity index (χ4v) is 2.76. The SMILES string of the molecule is O=CC(=O)c1cn(Cc2ccccc2C(F)(F)F)c2ccccc12. The number of benzene rings is 2. The Morgan fingerprint density at radius 3 is 2.42 bits per heavy atom. The van der Waals surface area contributed by atoms with Gasteiger partial charge >= 0.3 is 6.18 Å². The number of carbonyl (C=O) groups is 2. The molecular weight excluding hydrogens is 319 g/mol. The maximum absolute atomic E-state index is 13.1. The molecule has 0 aliphatic carbocycles. The van der Waals surface area contributed by atoms with E-state index in [9.17, 15) is 22.8 Å². The predicted octanol–water partition coefficient (Wildman–Crippen LogP) is 4.09. The van der Waals surface area contributed by atoms with E-state index >= 15 is 0 Å². The van der Waals surface area contributed by atoms with Gasteiger partial charge in [0.25, 0.3) is 0 Å². The second-order valence-electron chi connectivity index (χ2n) is 5.32. The van der Waals surface area contributed by atoms with Crippen molar-refractivity contribution in [1.29, 1.82) is 0 Å². The first-order chi connectivity index (χ1) is 11.4. The van der Waals surface area contributed by atoms with Gasteiger partial charge in [-0.25, -0.2) is 0 Å². The quantitative estimate of drug-likeness (QED) is 0.410. The lowest BCUT2D eigenvalue weighted by atomic mass is 10.1. The Kier molecular flexibility index (Phi) is 3.97. The monoisotopic (exact) mass is 331 g/mol. The summed E-state index contributed by atoms with van der Waals surface area (Å²) >= 11 is 0. The number of hydrogen-bond donors (Lipinski definition) is 0. The van der Waals surface area contributed by atoms with Crippen molar-refractivity contribution < 1.29 is 22.8 Å². The summed E-state index contributed by atoms with van der Waals surface area (Å²) in [6, 6.07) is 12.1. The molecule has 0 N–H and O–H groups in total. The first-order valence-corrected chi connectivity index (χ1v) is 7.14. The number of nitrogens with zero attached hydrogens (tertiary/aromatic N) is 1. The molecule has 2 aromatic carbocycles. The van der Waals surface area contributed by atoms with E-state index in [1.165, 1.54) is 24.4 Å². The molecule has 0 unspecified atom stereocenters. The number of aromatic nitrogens is 1. The van der Waals surface area contributed by atoms with Gasteiger partial charge in [-0.05, 0) is 17.7 Å². The third kappa shape index (κ3) is 2.82. The Labute approximate surface area is 135 Å². The third-order valence-electron chi connectivity index (χ3n) is 3.82. The second-order valence-corrected chi connectivity index (χ2v) is 5.32. The Balaban J connectivity index is 2.13. The average molecular weight is 331 g/mol. The van der Waals surface area contributed by atoms with Gasteiger partial charge in [0.2, 0.25) is 5.78 Å². The maximum Gasteiger partial charge on any atom is 0.416 e. The summed E-state index contributed by atoms with van der Waals surface area (Å²) in [6.07, 6.45) is -2.83. The molecule has 1 aromatic heterocycles. The van der Waals surface area contributed by atoms with Crippen LogP contribution in [0.4, 0.5) is 13.2 Å². The van der Waals surface area contributed by atoms with Crippen LogP contribution in [0.3, 0.4) is 0 Å². The van der Waals surface area contributed by atoms with Crippen LogP contribution in [0.1, 0.15) is 21.5 Å². The highest BCUT2D eigenvalue weighted by atomic mass is 19.4. The molecule has 0 spiro atoms. The van der Waals surface area contributed by atoms with Crippen LogP contribution in [-0.2, 0) is 17.5 Å². The van der Waals surface area contributed by atoms with Crippen molar-refractivity contribution >= 4 is 23.0 Å². The number of Topliss-reactive ketones (excluding diaryl/α,β-unsaturated/α-hetero) is 1. The standard InChI is InChI=1S/C18H12F3NO2/c19-18(20,21)15-7-3-1-5-12(15)9-22-10-14(17(24)11-23)13-6-2-4-8-16(13)22/h1-8,10-11H,9H2. The largest absolute Gasteiger partial charge is 0.416 e. The van der Waals surface area contributed by atoms with E-state index < -0.39 is 17.5 Å². The van der Waals surface area contributed by atoms with E-state index in [1.807, 2.05) is 0 Å². The van der Waals surface area contributed by atoms with Crippen molar-refractivity contribution in [1.82, 2.24) is 4.57 Å². The lowest BCUT2D eigenvalue weighted by Gasteiger charge is -2.13. The number of hydrogen-bond acceptors (Lipinski definition) is 2. The fourth-order valence-electron chi connectivity index (χ4n) is 2.76. The van der Waals surface area contributed by atoms with Crippen LogP contribution in [0.2, 0.25) is 0 Å². The summed E-state index contributed by atoms with van der Waals surface area (Å²) in [4.78, 5) is 22.6. The van der Waals surface area contributed by atoms with E-state index in [0.717, 1.165) is 6.07 Å². The zero-order chi connectivity index (χ0) is 17.3. The van der Waals surface area contributed by atoms with Crippen LogP contribution in [0.5, 0.6) is 0 Å². The minimum atomic E-state index is -4.46. The van der Waals surface area contributed by atoms with Crippen molar-refractivity contribution in [3.63, 3.8) is 0 Å². The number of rotatable bonds is 4. The molecule has 0 fully saturated rings. The minimum Gasteiger partial charge on any atom is -0.342 e. The zero-order valence-corrected chi connectivity index (χ0v) is 12.4. The molecule has 3 aromatic rings. The molecule has 1 heterocycles. The molecular formula is C18H12F3NO2. The van der Waals surface area contributed by atoms with E-state index in [0.29, 0.717) is 10.9 Å². The molecule has 0 radical (unpaired) electrons.